The Morgan fingerprint density at radius 2 is 2.29 bits per heavy atom. The van der Waals surface area contributed by atoms with Crippen molar-refractivity contribution in [2.75, 3.05) is 24.6 Å². The van der Waals surface area contributed by atoms with Gasteiger partial charge in [0.1, 0.15) is 6.33 Å². The van der Waals surface area contributed by atoms with Crippen molar-refractivity contribution in [1.82, 2.24) is 9.97 Å². The van der Waals surface area contributed by atoms with E-state index >= 15 is 0 Å². The molecule has 94 valence electrons. The van der Waals surface area contributed by atoms with Gasteiger partial charge in [0, 0.05) is 19.7 Å². The Morgan fingerprint density at radius 3 is 2.82 bits per heavy atom. The van der Waals surface area contributed by atoms with E-state index in [9.17, 15) is 10.1 Å². The zero-order valence-corrected chi connectivity index (χ0v) is 10.1. The van der Waals surface area contributed by atoms with Crippen LogP contribution in [0.25, 0.3) is 0 Å². The number of halogens is 1. The van der Waals surface area contributed by atoms with Crippen LogP contribution in [0.1, 0.15) is 13.3 Å². The third-order valence-electron chi connectivity index (χ3n) is 2.21. The highest BCUT2D eigenvalue weighted by Gasteiger charge is 2.24. The monoisotopic (exact) mass is 260 g/mol. The summed E-state index contributed by atoms with van der Waals surface area (Å²) in [6.45, 7) is 2.87. The van der Waals surface area contributed by atoms with Gasteiger partial charge in [0.25, 0.3) is 0 Å². The molecule has 0 unspecified atom stereocenters. The first-order chi connectivity index (χ1) is 8.11. The quantitative estimate of drug-likeness (QED) is 0.470. The van der Waals surface area contributed by atoms with Gasteiger partial charge < -0.3 is 10.0 Å². The molecule has 1 heterocycles. The molecule has 0 saturated heterocycles. The molecule has 1 N–H and O–H groups in total. The van der Waals surface area contributed by atoms with Crippen LogP contribution in [0, 0.1) is 10.1 Å². The molecular formula is C9H13ClN4O3. The molecule has 0 saturated carbocycles. The Morgan fingerprint density at radius 1 is 1.59 bits per heavy atom. The third-order valence-corrected chi connectivity index (χ3v) is 2.48. The molecule has 1 aromatic rings. The summed E-state index contributed by atoms with van der Waals surface area (Å²) in [5.74, 6) is 0.186. The minimum Gasteiger partial charge on any atom is -0.396 e. The van der Waals surface area contributed by atoms with E-state index in [0.717, 1.165) is 0 Å². The van der Waals surface area contributed by atoms with Gasteiger partial charge in [-0.3, -0.25) is 10.1 Å². The fraction of sp³-hybridized carbons (Fsp3) is 0.556. The van der Waals surface area contributed by atoms with Gasteiger partial charge in [0.05, 0.1) is 4.92 Å². The van der Waals surface area contributed by atoms with E-state index in [1.807, 2.05) is 6.92 Å². The van der Waals surface area contributed by atoms with Crippen LogP contribution in [0.15, 0.2) is 6.33 Å². The first-order valence-electron chi connectivity index (χ1n) is 5.12. The zero-order valence-electron chi connectivity index (χ0n) is 9.34. The first-order valence-corrected chi connectivity index (χ1v) is 5.50. The molecule has 0 aromatic carbocycles. The van der Waals surface area contributed by atoms with Crippen LogP contribution in [0.3, 0.4) is 0 Å². The van der Waals surface area contributed by atoms with Crippen LogP contribution in [0.4, 0.5) is 11.5 Å². The molecule has 0 aliphatic rings. The summed E-state index contributed by atoms with van der Waals surface area (Å²) < 4.78 is 0. The van der Waals surface area contributed by atoms with Crippen molar-refractivity contribution >= 4 is 23.1 Å². The minimum absolute atomic E-state index is 0.0170. The van der Waals surface area contributed by atoms with Crippen LogP contribution < -0.4 is 4.90 Å². The van der Waals surface area contributed by atoms with Crippen LogP contribution in [0.2, 0.25) is 5.15 Å². The molecule has 0 amide bonds. The lowest BCUT2D eigenvalue weighted by Crippen LogP contribution is -2.26. The summed E-state index contributed by atoms with van der Waals surface area (Å²) in [6.07, 6.45) is 1.69. The Kier molecular flexibility index (Phi) is 5.05. The molecule has 17 heavy (non-hydrogen) atoms. The van der Waals surface area contributed by atoms with E-state index in [1.54, 1.807) is 4.90 Å². The standard InChI is InChI=1S/C9H13ClN4O3/c1-2-13(4-3-5-15)9-7(14(16)17)8(10)11-6-12-9/h6,15H,2-5H2,1H3. The molecule has 1 rings (SSSR count). The minimum atomic E-state index is -0.598. The number of aliphatic hydroxyl groups is 1. The maximum atomic E-state index is 10.9. The molecule has 7 nitrogen and oxygen atoms in total. The molecule has 8 heteroatoms. The van der Waals surface area contributed by atoms with Crippen molar-refractivity contribution < 1.29 is 10.0 Å². The van der Waals surface area contributed by atoms with E-state index in [1.165, 1.54) is 6.33 Å². The van der Waals surface area contributed by atoms with Crippen molar-refractivity contribution in [1.29, 1.82) is 0 Å². The van der Waals surface area contributed by atoms with E-state index < -0.39 is 4.92 Å². The predicted octanol–water partition coefficient (Wildman–Crippen LogP) is 1.25. The highest BCUT2D eigenvalue weighted by atomic mass is 35.5. The van der Waals surface area contributed by atoms with Gasteiger partial charge in [-0.1, -0.05) is 11.6 Å². The van der Waals surface area contributed by atoms with Gasteiger partial charge >= 0.3 is 5.69 Å². The summed E-state index contributed by atoms with van der Waals surface area (Å²) in [7, 11) is 0. The number of rotatable bonds is 6. The normalized spacial score (nSPS) is 10.3. The molecule has 0 fully saturated rings. The summed E-state index contributed by atoms with van der Waals surface area (Å²) >= 11 is 5.69. The van der Waals surface area contributed by atoms with Gasteiger partial charge in [-0.15, -0.1) is 0 Å². The number of anilines is 1. The summed E-state index contributed by atoms with van der Waals surface area (Å²) in [5.41, 5.74) is -0.297. The van der Waals surface area contributed by atoms with Crippen molar-refractivity contribution in [2.24, 2.45) is 0 Å². The Bertz CT molecular complexity index is 402. The number of aromatic nitrogens is 2. The van der Waals surface area contributed by atoms with Crippen molar-refractivity contribution in [3.8, 4) is 0 Å². The lowest BCUT2D eigenvalue weighted by atomic mass is 10.3. The van der Waals surface area contributed by atoms with E-state index in [2.05, 4.69) is 9.97 Å². The molecule has 0 spiro atoms. The number of hydrogen-bond donors (Lipinski definition) is 1. The molecule has 1 aromatic heterocycles. The second kappa shape index (κ2) is 6.31. The average Bonchev–Trinajstić information content (AvgIpc) is 2.29. The molecule has 0 radical (unpaired) electrons. The Balaban J connectivity index is 3.09. The highest BCUT2D eigenvalue weighted by molar-refractivity contribution is 6.31. The second-order valence-corrected chi connectivity index (χ2v) is 3.61. The SMILES string of the molecule is CCN(CCCO)c1ncnc(Cl)c1[N+](=O)[O-]. The zero-order chi connectivity index (χ0) is 12.8. The molecule has 0 atom stereocenters. The Hall–Kier alpha value is -1.47. The number of aliphatic hydroxyl groups excluding tert-OH is 1. The highest BCUT2D eigenvalue weighted by Crippen LogP contribution is 2.31. The van der Waals surface area contributed by atoms with Crippen LogP contribution in [0.5, 0.6) is 0 Å². The topological polar surface area (TPSA) is 92.4 Å². The molecule has 0 aliphatic carbocycles. The lowest BCUT2D eigenvalue weighted by Gasteiger charge is -2.20. The smallest absolute Gasteiger partial charge is 0.348 e. The predicted molar refractivity (Wildman–Crippen MR) is 63.3 cm³/mol. The average molecular weight is 261 g/mol. The molecule has 0 aliphatic heterocycles. The summed E-state index contributed by atoms with van der Waals surface area (Å²) in [5, 5.41) is 19.5. The third kappa shape index (κ3) is 3.24. The lowest BCUT2D eigenvalue weighted by molar-refractivity contribution is -0.384. The van der Waals surface area contributed by atoms with Crippen LogP contribution >= 0.6 is 11.6 Å². The number of hydrogen-bond acceptors (Lipinski definition) is 6. The first kappa shape index (κ1) is 13.6. The van der Waals surface area contributed by atoms with Gasteiger partial charge in [-0.2, -0.15) is 0 Å². The van der Waals surface area contributed by atoms with E-state index in [-0.39, 0.29) is 23.3 Å². The maximum Gasteiger partial charge on any atom is 0.348 e. The second-order valence-electron chi connectivity index (χ2n) is 3.25. The fourth-order valence-electron chi connectivity index (χ4n) is 1.41. The Labute approximate surface area is 103 Å². The summed E-state index contributed by atoms with van der Waals surface area (Å²) in [4.78, 5) is 19.5. The van der Waals surface area contributed by atoms with Crippen LogP contribution in [-0.2, 0) is 0 Å². The van der Waals surface area contributed by atoms with Gasteiger partial charge in [-0.25, -0.2) is 9.97 Å². The number of nitro groups is 1. The van der Waals surface area contributed by atoms with Crippen LogP contribution in [-0.4, -0.2) is 39.7 Å². The largest absolute Gasteiger partial charge is 0.396 e. The maximum absolute atomic E-state index is 10.9. The van der Waals surface area contributed by atoms with Gasteiger partial charge in [0.2, 0.25) is 11.0 Å². The molecule has 0 bridgehead atoms. The van der Waals surface area contributed by atoms with Gasteiger partial charge in [0.15, 0.2) is 0 Å². The van der Waals surface area contributed by atoms with Crippen molar-refractivity contribution in [3.05, 3.63) is 21.6 Å². The van der Waals surface area contributed by atoms with Crippen molar-refractivity contribution in [3.63, 3.8) is 0 Å². The van der Waals surface area contributed by atoms with E-state index in [0.29, 0.717) is 19.5 Å². The summed E-state index contributed by atoms with van der Waals surface area (Å²) in [6, 6.07) is 0. The van der Waals surface area contributed by atoms with Gasteiger partial charge in [-0.05, 0) is 13.3 Å². The van der Waals surface area contributed by atoms with E-state index in [4.69, 9.17) is 16.7 Å². The fourth-order valence-corrected chi connectivity index (χ4v) is 1.61. The number of nitrogens with zero attached hydrogens (tertiary/aromatic N) is 4. The van der Waals surface area contributed by atoms with Crippen molar-refractivity contribution in [2.45, 2.75) is 13.3 Å². The molecular weight excluding hydrogens is 248 g/mol.